The highest BCUT2D eigenvalue weighted by molar-refractivity contribution is 5.91. The van der Waals surface area contributed by atoms with Crippen molar-refractivity contribution in [1.29, 1.82) is 0 Å². The van der Waals surface area contributed by atoms with Gasteiger partial charge in [0.05, 0.1) is 17.6 Å². The number of hydrogen-bond donors (Lipinski definition) is 0. The van der Waals surface area contributed by atoms with Gasteiger partial charge in [-0.25, -0.2) is 0 Å². The van der Waals surface area contributed by atoms with E-state index in [1.807, 2.05) is 6.07 Å². The second-order valence-corrected chi connectivity index (χ2v) is 3.45. The Morgan fingerprint density at radius 2 is 2.21 bits per heavy atom. The van der Waals surface area contributed by atoms with Crippen LogP contribution >= 0.6 is 0 Å². The molecule has 0 amide bonds. The van der Waals surface area contributed by atoms with Gasteiger partial charge >= 0.3 is 0 Å². The van der Waals surface area contributed by atoms with E-state index in [2.05, 4.69) is 11.6 Å². The van der Waals surface area contributed by atoms with Gasteiger partial charge in [0, 0.05) is 17.8 Å². The fraction of sp³-hybridized carbons (Fsp3) is 0.0909. The van der Waals surface area contributed by atoms with E-state index in [4.69, 9.17) is 0 Å². The van der Waals surface area contributed by atoms with Crippen molar-refractivity contribution in [2.24, 2.45) is 0 Å². The molecule has 2 aromatic rings. The van der Waals surface area contributed by atoms with Gasteiger partial charge in [-0.1, -0.05) is 6.58 Å². The third-order valence-electron chi connectivity index (χ3n) is 2.60. The lowest BCUT2D eigenvalue weighted by Gasteiger charge is -2.00. The molecule has 68 valence electrons. The van der Waals surface area contributed by atoms with Gasteiger partial charge < -0.3 is 4.57 Å². The van der Waals surface area contributed by atoms with Crippen LogP contribution in [0, 0.1) is 0 Å². The average molecular weight is 184 g/mol. The molecule has 1 aliphatic heterocycles. The van der Waals surface area contributed by atoms with Crippen molar-refractivity contribution < 1.29 is 0 Å². The summed E-state index contributed by atoms with van der Waals surface area (Å²) in [5.74, 6) is 0. The minimum absolute atomic E-state index is 0.0189. The van der Waals surface area contributed by atoms with Gasteiger partial charge in [0.1, 0.15) is 0 Å². The summed E-state index contributed by atoms with van der Waals surface area (Å²) in [4.78, 5) is 15.8. The van der Waals surface area contributed by atoms with E-state index >= 15 is 0 Å². The zero-order chi connectivity index (χ0) is 9.71. The van der Waals surface area contributed by atoms with Crippen molar-refractivity contribution in [2.45, 2.75) is 6.54 Å². The zero-order valence-corrected chi connectivity index (χ0v) is 7.53. The van der Waals surface area contributed by atoms with Crippen LogP contribution in [0.5, 0.6) is 0 Å². The first-order chi connectivity index (χ1) is 6.77. The van der Waals surface area contributed by atoms with Crippen molar-refractivity contribution in [1.82, 2.24) is 9.55 Å². The topological polar surface area (TPSA) is 34.9 Å². The van der Waals surface area contributed by atoms with Crippen molar-refractivity contribution in [2.75, 3.05) is 0 Å². The van der Waals surface area contributed by atoms with Gasteiger partial charge in [0.25, 0.3) is 5.56 Å². The lowest BCUT2D eigenvalue weighted by atomic mass is 10.1. The normalized spacial score (nSPS) is 13.9. The molecule has 0 aliphatic carbocycles. The van der Waals surface area contributed by atoms with Crippen LogP contribution < -0.4 is 5.56 Å². The van der Waals surface area contributed by atoms with E-state index in [9.17, 15) is 4.79 Å². The summed E-state index contributed by atoms with van der Waals surface area (Å²) >= 11 is 0. The summed E-state index contributed by atoms with van der Waals surface area (Å²) in [5.41, 5.74) is 3.84. The molecule has 1 aliphatic rings. The molecule has 3 rings (SSSR count). The molecule has 0 radical (unpaired) electrons. The molecule has 0 fully saturated rings. The Kier molecular flexibility index (Phi) is 1.24. The Morgan fingerprint density at radius 1 is 1.36 bits per heavy atom. The van der Waals surface area contributed by atoms with Crippen molar-refractivity contribution in [3.05, 3.63) is 46.9 Å². The highest BCUT2D eigenvalue weighted by Crippen LogP contribution is 2.28. The second kappa shape index (κ2) is 2.32. The first-order valence-electron chi connectivity index (χ1n) is 4.44. The number of hydrogen-bond acceptors (Lipinski definition) is 2. The van der Waals surface area contributed by atoms with Gasteiger partial charge in [0.15, 0.2) is 0 Å². The molecule has 14 heavy (non-hydrogen) atoms. The third kappa shape index (κ3) is 0.763. The molecule has 2 aromatic heterocycles. The molecule has 0 aromatic carbocycles. The largest absolute Gasteiger partial charge is 0.302 e. The zero-order valence-electron chi connectivity index (χ0n) is 7.53. The molecule has 0 saturated carbocycles. The molecule has 3 heteroatoms. The number of pyridine rings is 2. The average Bonchev–Trinajstić information content (AvgIpc) is 2.53. The van der Waals surface area contributed by atoms with Crippen LogP contribution in [0.25, 0.3) is 16.6 Å². The number of allylic oxidation sites excluding steroid dienone is 1. The Morgan fingerprint density at radius 3 is 3.07 bits per heavy atom. The summed E-state index contributed by atoms with van der Waals surface area (Å²) in [6.45, 7) is 4.54. The highest BCUT2D eigenvalue weighted by Gasteiger charge is 2.17. The minimum Gasteiger partial charge on any atom is -0.302 e. The second-order valence-electron chi connectivity index (χ2n) is 3.45. The molecule has 0 unspecified atom stereocenters. The van der Waals surface area contributed by atoms with Crippen LogP contribution in [0.15, 0.2) is 35.8 Å². The van der Waals surface area contributed by atoms with E-state index < -0.39 is 0 Å². The summed E-state index contributed by atoms with van der Waals surface area (Å²) in [7, 11) is 0. The quantitative estimate of drug-likeness (QED) is 0.620. The van der Waals surface area contributed by atoms with Crippen molar-refractivity contribution >= 4 is 16.6 Å². The third-order valence-corrected chi connectivity index (χ3v) is 2.60. The molecule has 0 saturated heterocycles. The van der Waals surface area contributed by atoms with Gasteiger partial charge in [-0.15, -0.1) is 0 Å². The summed E-state index contributed by atoms with van der Waals surface area (Å²) in [6.07, 6.45) is 1.75. The molecular weight excluding hydrogens is 176 g/mol. The van der Waals surface area contributed by atoms with Crippen LogP contribution in [-0.4, -0.2) is 9.55 Å². The summed E-state index contributed by atoms with van der Waals surface area (Å²) in [5, 5.41) is 0. The number of rotatable bonds is 0. The predicted molar refractivity (Wildman–Crippen MR) is 55.0 cm³/mol. The molecule has 0 bridgehead atoms. The molecular formula is C11H8N2O. The standard InChI is InChI=1S/C11H8N2O/c1-7-6-13-10(14)3-2-9-11(13)8(7)4-5-12-9/h2-5H,1,6H2. The van der Waals surface area contributed by atoms with Crippen LogP contribution in [-0.2, 0) is 6.54 Å². The Labute approximate surface area is 80.3 Å². The maximum Gasteiger partial charge on any atom is 0.251 e. The number of nitrogens with zero attached hydrogens (tertiary/aromatic N) is 2. The SMILES string of the molecule is C=C1Cn2c(=O)ccc3nccc1c32. The van der Waals surface area contributed by atoms with Gasteiger partial charge in [-0.2, -0.15) is 0 Å². The van der Waals surface area contributed by atoms with Crippen molar-refractivity contribution in [3.8, 4) is 0 Å². The summed E-state index contributed by atoms with van der Waals surface area (Å²) < 4.78 is 1.72. The van der Waals surface area contributed by atoms with Crippen LogP contribution in [0.2, 0.25) is 0 Å². The van der Waals surface area contributed by atoms with Gasteiger partial charge in [0.2, 0.25) is 0 Å². The molecule has 0 atom stereocenters. The van der Waals surface area contributed by atoms with Crippen molar-refractivity contribution in [3.63, 3.8) is 0 Å². The van der Waals surface area contributed by atoms with E-state index in [1.54, 1.807) is 22.9 Å². The molecule has 0 spiro atoms. The lowest BCUT2D eigenvalue weighted by Crippen LogP contribution is -2.16. The fourth-order valence-electron chi connectivity index (χ4n) is 1.94. The highest BCUT2D eigenvalue weighted by atomic mass is 16.1. The van der Waals surface area contributed by atoms with Gasteiger partial charge in [-0.3, -0.25) is 9.78 Å². The fourth-order valence-corrected chi connectivity index (χ4v) is 1.94. The molecule has 3 heterocycles. The number of aromatic nitrogens is 2. The maximum absolute atomic E-state index is 11.5. The minimum atomic E-state index is 0.0189. The van der Waals surface area contributed by atoms with E-state index in [0.29, 0.717) is 6.54 Å². The van der Waals surface area contributed by atoms with E-state index in [1.165, 1.54) is 0 Å². The van der Waals surface area contributed by atoms with Crippen LogP contribution in [0.4, 0.5) is 0 Å². The van der Waals surface area contributed by atoms with Crippen LogP contribution in [0.3, 0.4) is 0 Å². The smallest absolute Gasteiger partial charge is 0.251 e. The first kappa shape index (κ1) is 7.50. The van der Waals surface area contributed by atoms with E-state index in [0.717, 1.165) is 22.2 Å². The van der Waals surface area contributed by atoms with Crippen LogP contribution in [0.1, 0.15) is 5.56 Å². The Bertz CT molecular complexity index is 610. The predicted octanol–water partition coefficient (Wildman–Crippen LogP) is 1.42. The first-order valence-corrected chi connectivity index (χ1v) is 4.44. The Balaban J connectivity index is 2.64. The molecule has 0 N–H and O–H groups in total. The maximum atomic E-state index is 11.5. The van der Waals surface area contributed by atoms with E-state index in [-0.39, 0.29) is 5.56 Å². The van der Waals surface area contributed by atoms with Gasteiger partial charge in [-0.05, 0) is 17.7 Å². The summed E-state index contributed by atoms with van der Waals surface area (Å²) in [6, 6.07) is 5.22. The Hall–Kier alpha value is -1.90. The monoisotopic (exact) mass is 184 g/mol. The molecule has 3 nitrogen and oxygen atoms in total. The lowest BCUT2D eigenvalue weighted by molar-refractivity contribution is 0.856.